The van der Waals surface area contributed by atoms with E-state index in [1.54, 1.807) is 10.6 Å². The third kappa shape index (κ3) is 2.74. The number of methoxy groups -OCH3 is 1. The van der Waals surface area contributed by atoms with Crippen molar-refractivity contribution in [2.24, 2.45) is 0 Å². The molecule has 2 aromatic rings. The Kier molecular flexibility index (Phi) is 4.16. The van der Waals surface area contributed by atoms with E-state index in [-0.39, 0.29) is 18.1 Å². The molecule has 120 valence electrons. The average Bonchev–Trinajstić information content (AvgIpc) is 2.85. The van der Waals surface area contributed by atoms with Crippen LogP contribution in [0.4, 0.5) is 4.39 Å². The molecule has 0 saturated carbocycles. The summed E-state index contributed by atoms with van der Waals surface area (Å²) in [6, 6.07) is 4.83. The maximum absolute atomic E-state index is 13.6. The molecule has 1 N–H and O–H groups in total. The molecule has 5 nitrogen and oxygen atoms in total. The lowest BCUT2D eigenvalue weighted by molar-refractivity contribution is -0.123. The Labute approximate surface area is 144 Å². The quantitative estimate of drug-likeness (QED) is 0.787. The molecule has 1 aliphatic rings. The van der Waals surface area contributed by atoms with Crippen molar-refractivity contribution < 1.29 is 18.7 Å². The maximum Gasteiger partial charge on any atom is 0.354 e. The van der Waals surface area contributed by atoms with Crippen LogP contribution in [0.3, 0.4) is 0 Å². The molecule has 0 radical (unpaired) electrons. The van der Waals surface area contributed by atoms with Crippen molar-refractivity contribution in [3.8, 4) is 0 Å². The predicted octanol–water partition coefficient (Wildman–Crippen LogP) is 3.05. The van der Waals surface area contributed by atoms with Crippen molar-refractivity contribution in [2.45, 2.75) is 12.6 Å². The van der Waals surface area contributed by atoms with Crippen LogP contribution < -0.4 is 5.32 Å². The summed E-state index contributed by atoms with van der Waals surface area (Å²) in [5.41, 5.74) is 1.26. The minimum absolute atomic E-state index is 0.0329. The van der Waals surface area contributed by atoms with Crippen LogP contribution in [-0.4, -0.2) is 23.6 Å². The third-order valence-electron chi connectivity index (χ3n) is 3.63. The van der Waals surface area contributed by atoms with Gasteiger partial charge in [0, 0.05) is 15.1 Å². The van der Waals surface area contributed by atoms with E-state index in [0.717, 1.165) is 0 Å². The van der Waals surface area contributed by atoms with Crippen LogP contribution in [0.1, 0.15) is 27.8 Å². The zero-order valence-corrected chi connectivity index (χ0v) is 14.2. The molecular weight excluding hydrogens is 391 g/mol. The van der Waals surface area contributed by atoms with E-state index in [4.69, 9.17) is 16.3 Å². The number of hydrogen-bond donors (Lipinski definition) is 1. The molecule has 2 heterocycles. The van der Waals surface area contributed by atoms with Gasteiger partial charge in [0.15, 0.2) is 0 Å². The molecule has 23 heavy (non-hydrogen) atoms. The first-order valence-corrected chi connectivity index (χ1v) is 7.81. The molecule has 0 aliphatic carbocycles. The number of amides is 1. The largest absolute Gasteiger partial charge is 0.464 e. The van der Waals surface area contributed by atoms with Gasteiger partial charge in [0.2, 0.25) is 5.91 Å². The fraction of sp³-hybridized carbons (Fsp3) is 0.200. The van der Waals surface area contributed by atoms with Crippen molar-refractivity contribution in [3.05, 3.63) is 56.5 Å². The normalized spacial score (nSPS) is 16.7. The van der Waals surface area contributed by atoms with E-state index in [1.165, 1.54) is 25.3 Å². The van der Waals surface area contributed by atoms with Crippen LogP contribution in [0.25, 0.3) is 0 Å². The minimum atomic E-state index is -0.674. The van der Waals surface area contributed by atoms with Gasteiger partial charge in [0.25, 0.3) is 0 Å². The van der Waals surface area contributed by atoms with Gasteiger partial charge in [-0.15, -0.1) is 0 Å². The number of rotatable bonds is 2. The topological polar surface area (TPSA) is 60.3 Å². The smallest absolute Gasteiger partial charge is 0.354 e. The molecular formula is C15H11BrClFN2O3. The second-order valence-electron chi connectivity index (χ2n) is 5.01. The first kappa shape index (κ1) is 16.0. The number of carbonyl (C=O) groups is 2. The molecule has 8 heteroatoms. The number of ether oxygens (including phenoxy) is 1. The molecule has 1 aromatic carbocycles. The van der Waals surface area contributed by atoms with Gasteiger partial charge in [-0.05, 0) is 40.2 Å². The molecule has 1 amide bonds. The van der Waals surface area contributed by atoms with Crippen molar-refractivity contribution in [1.82, 2.24) is 9.88 Å². The number of halogens is 3. The molecule has 0 bridgehead atoms. The molecule has 1 aliphatic heterocycles. The summed E-state index contributed by atoms with van der Waals surface area (Å²) >= 11 is 9.54. The monoisotopic (exact) mass is 400 g/mol. The fourth-order valence-corrected chi connectivity index (χ4v) is 3.53. The Morgan fingerprint density at radius 1 is 1.48 bits per heavy atom. The standard InChI is InChI=1S/C15H11BrClFN2O3/c1-23-15(22)11-5-9(16)14-13(19-12(21)6-20(11)14)8-4-7(18)2-3-10(8)17/h2-5,13H,6H2,1H3,(H,19,21). The van der Waals surface area contributed by atoms with Gasteiger partial charge < -0.3 is 14.6 Å². The summed E-state index contributed by atoms with van der Waals surface area (Å²) in [6.45, 7) is -0.0329. The number of aromatic nitrogens is 1. The van der Waals surface area contributed by atoms with E-state index in [9.17, 15) is 14.0 Å². The second-order valence-corrected chi connectivity index (χ2v) is 6.27. The SMILES string of the molecule is COC(=O)c1cc(Br)c2n1CC(=O)NC2c1cc(F)ccc1Cl. The summed E-state index contributed by atoms with van der Waals surface area (Å²) in [5.74, 6) is -1.33. The van der Waals surface area contributed by atoms with Gasteiger partial charge in [0.1, 0.15) is 18.1 Å². The van der Waals surface area contributed by atoms with Crippen LogP contribution in [0, 0.1) is 5.82 Å². The second kappa shape index (κ2) is 5.98. The van der Waals surface area contributed by atoms with Gasteiger partial charge in [0.05, 0.1) is 18.8 Å². The number of benzene rings is 1. The average molecular weight is 402 g/mol. The molecule has 0 fully saturated rings. The highest BCUT2D eigenvalue weighted by Crippen LogP contribution is 2.37. The van der Waals surface area contributed by atoms with Gasteiger partial charge in [-0.3, -0.25) is 4.79 Å². The molecule has 0 saturated heterocycles. The lowest BCUT2D eigenvalue weighted by atomic mass is 10.0. The lowest BCUT2D eigenvalue weighted by Gasteiger charge is -2.28. The van der Waals surface area contributed by atoms with Crippen LogP contribution in [0.2, 0.25) is 5.02 Å². The molecule has 1 atom stereocenters. The van der Waals surface area contributed by atoms with E-state index >= 15 is 0 Å². The molecule has 0 spiro atoms. The predicted molar refractivity (Wildman–Crippen MR) is 84.9 cm³/mol. The molecule has 1 unspecified atom stereocenters. The zero-order chi connectivity index (χ0) is 16.7. The number of hydrogen-bond acceptors (Lipinski definition) is 3. The number of esters is 1. The Balaban J connectivity index is 2.20. The van der Waals surface area contributed by atoms with Crippen molar-refractivity contribution in [1.29, 1.82) is 0 Å². The summed E-state index contributed by atoms with van der Waals surface area (Å²) in [4.78, 5) is 23.9. The van der Waals surface area contributed by atoms with E-state index in [1.807, 2.05) is 0 Å². The van der Waals surface area contributed by atoms with Crippen LogP contribution in [0.15, 0.2) is 28.7 Å². The summed E-state index contributed by atoms with van der Waals surface area (Å²) in [6.07, 6.45) is 0. The number of nitrogens with zero attached hydrogens (tertiary/aromatic N) is 1. The Hall–Kier alpha value is -1.86. The third-order valence-corrected chi connectivity index (χ3v) is 4.61. The maximum atomic E-state index is 13.6. The minimum Gasteiger partial charge on any atom is -0.464 e. The summed E-state index contributed by atoms with van der Waals surface area (Å²) in [5, 5.41) is 3.09. The number of nitrogens with one attached hydrogen (secondary N) is 1. The van der Waals surface area contributed by atoms with Crippen LogP contribution in [0.5, 0.6) is 0 Å². The van der Waals surface area contributed by atoms with Gasteiger partial charge >= 0.3 is 5.97 Å². The molecule has 3 rings (SSSR count). The van der Waals surface area contributed by atoms with Crippen molar-refractivity contribution in [2.75, 3.05) is 7.11 Å². The van der Waals surface area contributed by atoms with Gasteiger partial charge in [-0.2, -0.15) is 0 Å². The first-order chi connectivity index (χ1) is 10.9. The first-order valence-electron chi connectivity index (χ1n) is 6.64. The van der Waals surface area contributed by atoms with Crippen molar-refractivity contribution in [3.63, 3.8) is 0 Å². The fourth-order valence-electron chi connectivity index (χ4n) is 2.65. The van der Waals surface area contributed by atoms with Crippen LogP contribution in [-0.2, 0) is 16.1 Å². The van der Waals surface area contributed by atoms with Gasteiger partial charge in [-0.1, -0.05) is 11.6 Å². The summed E-state index contributed by atoms with van der Waals surface area (Å²) in [7, 11) is 1.26. The van der Waals surface area contributed by atoms with Crippen LogP contribution >= 0.6 is 27.5 Å². The van der Waals surface area contributed by atoms with Gasteiger partial charge in [-0.25, -0.2) is 9.18 Å². The Morgan fingerprint density at radius 2 is 2.22 bits per heavy atom. The van der Waals surface area contributed by atoms with E-state index in [0.29, 0.717) is 20.8 Å². The zero-order valence-electron chi connectivity index (χ0n) is 11.9. The highest BCUT2D eigenvalue weighted by atomic mass is 79.9. The summed E-state index contributed by atoms with van der Waals surface area (Å²) < 4.78 is 20.5. The highest BCUT2D eigenvalue weighted by Gasteiger charge is 2.33. The highest BCUT2D eigenvalue weighted by molar-refractivity contribution is 9.10. The van der Waals surface area contributed by atoms with E-state index in [2.05, 4.69) is 21.2 Å². The van der Waals surface area contributed by atoms with E-state index < -0.39 is 17.8 Å². The van der Waals surface area contributed by atoms with Crippen molar-refractivity contribution >= 4 is 39.4 Å². The number of fused-ring (bicyclic) bond motifs is 1. The lowest BCUT2D eigenvalue weighted by Crippen LogP contribution is -2.40. The number of carbonyl (C=O) groups excluding carboxylic acids is 2. The Bertz CT molecular complexity index is 821. The Morgan fingerprint density at radius 3 is 2.91 bits per heavy atom. The molecule has 1 aromatic heterocycles.